The standard InChI is InChI=1S/C9H16O5/c10-4-1-5-14-9(8(11)12)2-6-13-7-3-9/h10H,1-7H2,(H,11,12). The average molecular weight is 204 g/mol. The number of aliphatic carboxylic acids is 1. The van der Waals surface area contributed by atoms with Gasteiger partial charge in [0.25, 0.3) is 0 Å². The van der Waals surface area contributed by atoms with Crippen LogP contribution >= 0.6 is 0 Å². The van der Waals surface area contributed by atoms with Gasteiger partial charge in [0.2, 0.25) is 0 Å². The van der Waals surface area contributed by atoms with Crippen LogP contribution in [0.3, 0.4) is 0 Å². The van der Waals surface area contributed by atoms with E-state index in [0.717, 1.165) is 0 Å². The quantitative estimate of drug-likeness (QED) is 0.617. The Balaban J connectivity index is 2.47. The van der Waals surface area contributed by atoms with Crippen molar-refractivity contribution in [2.75, 3.05) is 26.4 Å². The molecule has 0 spiro atoms. The second-order valence-electron chi connectivity index (χ2n) is 3.34. The summed E-state index contributed by atoms with van der Waals surface area (Å²) in [5.41, 5.74) is -1.09. The molecule has 82 valence electrons. The minimum Gasteiger partial charge on any atom is -0.479 e. The lowest BCUT2D eigenvalue weighted by Crippen LogP contribution is -2.46. The summed E-state index contributed by atoms with van der Waals surface area (Å²) in [7, 11) is 0. The highest BCUT2D eigenvalue weighted by atomic mass is 16.5. The zero-order valence-corrected chi connectivity index (χ0v) is 8.07. The van der Waals surface area contributed by atoms with E-state index in [4.69, 9.17) is 19.7 Å². The van der Waals surface area contributed by atoms with E-state index >= 15 is 0 Å². The summed E-state index contributed by atoms with van der Waals surface area (Å²) in [6, 6.07) is 0. The Labute approximate surface area is 82.6 Å². The highest BCUT2D eigenvalue weighted by Gasteiger charge is 2.41. The molecule has 0 radical (unpaired) electrons. The molecule has 0 aliphatic carbocycles. The van der Waals surface area contributed by atoms with Crippen molar-refractivity contribution in [1.82, 2.24) is 0 Å². The zero-order valence-electron chi connectivity index (χ0n) is 8.07. The van der Waals surface area contributed by atoms with E-state index in [9.17, 15) is 4.79 Å². The molecule has 0 aromatic heterocycles. The second-order valence-corrected chi connectivity index (χ2v) is 3.34. The van der Waals surface area contributed by atoms with Gasteiger partial charge in [-0.25, -0.2) is 4.79 Å². The third kappa shape index (κ3) is 2.67. The SMILES string of the molecule is O=C(O)C1(OCCCO)CCOCC1. The average Bonchev–Trinajstić information content (AvgIpc) is 2.19. The molecule has 0 unspecified atom stereocenters. The molecule has 1 rings (SSSR count). The second kappa shape index (κ2) is 5.29. The van der Waals surface area contributed by atoms with Crippen LogP contribution in [0.4, 0.5) is 0 Å². The van der Waals surface area contributed by atoms with Crippen LogP contribution in [0.5, 0.6) is 0 Å². The summed E-state index contributed by atoms with van der Waals surface area (Å²) in [5, 5.41) is 17.6. The monoisotopic (exact) mass is 204 g/mol. The maximum absolute atomic E-state index is 11.0. The largest absolute Gasteiger partial charge is 0.479 e. The molecule has 1 heterocycles. The Morgan fingerprint density at radius 3 is 2.57 bits per heavy atom. The molecular weight excluding hydrogens is 188 g/mol. The predicted molar refractivity (Wildman–Crippen MR) is 48.1 cm³/mol. The van der Waals surface area contributed by atoms with Gasteiger partial charge < -0.3 is 19.7 Å². The third-order valence-electron chi connectivity index (χ3n) is 2.37. The van der Waals surface area contributed by atoms with Gasteiger partial charge in [-0.05, 0) is 6.42 Å². The van der Waals surface area contributed by atoms with Crippen LogP contribution in [0, 0.1) is 0 Å². The number of carboxylic acid groups (broad SMARTS) is 1. The van der Waals surface area contributed by atoms with Crippen molar-refractivity contribution in [3.05, 3.63) is 0 Å². The third-order valence-corrected chi connectivity index (χ3v) is 2.37. The first-order valence-electron chi connectivity index (χ1n) is 4.77. The van der Waals surface area contributed by atoms with Gasteiger partial charge in [-0.1, -0.05) is 0 Å². The fraction of sp³-hybridized carbons (Fsp3) is 0.889. The molecule has 1 saturated heterocycles. The summed E-state index contributed by atoms with van der Waals surface area (Å²) < 4.78 is 10.4. The molecule has 14 heavy (non-hydrogen) atoms. The van der Waals surface area contributed by atoms with Crippen LogP contribution < -0.4 is 0 Å². The number of aliphatic hydroxyl groups is 1. The molecule has 5 heteroatoms. The van der Waals surface area contributed by atoms with Gasteiger partial charge in [0, 0.05) is 32.7 Å². The number of ether oxygens (including phenoxy) is 2. The Hall–Kier alpha value is -0.650. The normalized spacial score (nSPS) is 20.6. The van der Waals surface area contributed by atoms with Gasteiger partial charge in [0.15, 0.2) is 5.60 Å². The maximum Gasteiger partial charge on any atom is 0.336 e. The first-order chi connectivity index (χ1) is 6.71. The maximum atomic E-state index is 11.0. The molecule has 2 N–H and O–H groups in total. The summed E-state index contributed by atoms with van der Waals surface area (Å²) in [6.45, 7) is 1.14. The van der Waals surface area contributed by atoms with Crippen LogP contribution in [-0.4, -0.2) is 48.2 Å². The summed E-state index contributed by atoms with van der Waals surface area (Å²) in [6.07, 6.45) is 1.23. The number of hydrogen-bond donors (Lipinski definition) is 2. The van der Waals surface area contributed by atoms with Gasteiger partial charge in [-0.15, -0.1) is 0 Å². The number of rotatable bonds is 5. The van der Waals surface area contributed by atoms with E-state index in [-0.39, 0.29) is 13.2 Å². The van der Waals surface area contributed by atoms with Crippen molar-refractivity contribution in [3.63, 3.8) is 0 Å². The minimum absolute atomic E-state index is 0.0200. The van der Waals surface area contributed by atoms with Crippen molar-refractivity contribution in [1.29, 1.82) is 0 Å². The van der Waals surface area contributed by atoms with Crippen LogP contribution in [0.2, 0.25) is 0 Å². The van der Waals surface area contributed by atoms with Gasteiger partial charge in [0.05, 0.1) is 6.61 Å². The van der Waals surface area contributed by atoms with E-state index < -0.39 is 11.6 Å². The molecule has 1 aliphatic heterocycles. The minimum atomic E-state index is -1.09. The highest BCUT2D eigenvalue weighted by Crippen LogP contribution is 2.25. The van der Waals surface area contributed by atoms with Crippen LogP contribution in [0.15, 0.2) is 0 Å². The van der Waals surface area contributed by atoms with Crippen molar-refractivity contribution in [3.8, 4) is 0 Å². The summed E-state index contributed by atoms with van der Waals surface area (Å²) in [4.78, 5) is 11.0. The number of carboxylic acids is 1. The molecule has 0 aromatic rings. The smallest absolute Gasteiger partial charge is 0.336 e. The topological polar surface area (TPSA) is 76.0 Å². The first-order valence-corrected chi connectivity index (χ1v) is 4.77. The van der Waals surface area contributed by atoms with Gasteiger partial charge in [0.1, 0.15) is 0 Å². The van der Waals surface area contributed by atoms with Crippen LogP contribution in [-0.2, 0) is 14.3 Å². The van der Waals surface area contributed by atoms with E-state index in [1.54, 1.807) is 0 Å². The molecule has 1 fully saturated rings. The predicted octanol–water partition coefficient (Wildman–Crippen LogP) is 0.0192. The number of hydrogen-bond acceptors (Lipinski definition) is 4. The van der Waals surface area contributed by atoms with E-state index in [2.05, 4.69) is 0 Å². The van der Waals surface area contributed by atoms with Crippen LogP contribution in [0.1, 0.15) is 19.3 Å². The Morgan fingerprint density at radius 1 is 1.43 bits per heavy atom. The molecule has 5 nitrogen and oxygen atoms in total. The van der Waals surface area contributed by atoms with Gasteiger partial charge in [-0.2, -0.15) is 0 Å². The first kappa shape index (κ1) is 11.4. The molecular formula is C9H16O5. The Kier molecular flexibility index (Phi) is 4.31. The molecule has 0 aromatic carbocycles. The molecule has 0 atom stereocenters. The van der Waals surface area contributed by atoms with Crippen molar-refractivity contribution >= 4 is 5.97 Å². The van der Waals surface area contributed by atoms with Crippen molar-refractivity contribution in [2.24, 2.45) is 0 Å². The van der Waals surface area contributed by atoms with E-state index in [1.165, 1.54) is 0 Å². The number of aliphatic hydroxyl groups excluding tert-OH is 1. The Morgan fingerprint density at radius 2 is 2.07 bits per heavy atom. The van der Waals surface area contributed by atoms with Gasteiger partial charge >= 0.3 is 5.97 Å². The summed E-state index contributed by atoms with van der Waals surface area (Å²) in [5.74, 6) is -0.932. The summed E-state index contributed by atoms with van der Waals surface area (Å²) >= 11 is 0. The van der Waals surface area contributed by atoms with Crippen molar-refractivity contribution < 1.29 is 24.5 Å². The highest BCUT2D eigenvalue weighted by molar-refractivity contribution is 5.77. The fourth-order valence-electron chi connectivity index (χ4n) is 1.45. The lowest BCUT2D eigenvalue weighted by atomic mass is 9.94. The Bertz CT molecular complexity index is 186. The number of carbonyl (C=O) groups is 1. The van der Waals surface area contributed by atoms with E-state index in [0.29, 0.717) is 32.5 Å². The van der Waals surface area contributed by atoms with E-state index in [1.807, 2.05) is 0 Å². The molecule has 0 amide bonds. The van der Waals surface area contributed by atoms with Crippen molar-refractivity contribution in [2.45, 2.75) is 24.9 Å². The molecule has 0 bridgehead atoms. The zero-order chi connectivity index (χ0) is 10.4. The lowest BCUT2D eigenvalue weighted by molar-refractivity contribution is -0.179. The fourth-order valence-corrected chi connectivity index (χ4v) is 1.45. The van der Waals surface area contributed by atoms with Crippen LogP contribution in [0.25, 0.3) is 0 Å². The molecule has 1 aliphatic rings. The van der Waals surface area contributed by atoms with Gasteiger partial charge in [-0.3, -0.25) is 0 Å². The molecule has 0 saturated carbocycles. The lowest BCUT2D eigenvalue weighted by Gasteiger charge is -2.32.